The highest BCUT2D eigenvalue weighted by Crippen LogP contribution is 2.29. The molecule has 0 saturated heterocycles. The number of nitrogens with one attached hydrogen (secondary N) is 1. The zero-order valence-corrected chi connectivity index (χ0v) is 20.5. The summed E-state index contributed by atoms with van der Waals surface area (Å²) in [6, 6.07) is 18.9. The Hall–Kier alpha value is -3.11. The van der Waals surface area contributed by atoms with Gasteiger partial charge >= 0.3 is 5.97 Å². The third-order valence-electron chi connectivity index (χ3n) is 4.15. The molecule has 0 aliphatic rings. The molecule has 0 spiro atoms. The Morgan fingerprint density at radius 1 is 1.03 bits per heavy atom. The van der Waals surface area contributed by atoms with E-state index in [1.54, 1.807) is 54.6 Å². The molecule has 0 unspecified atom stereocenters. The van der Waals surface area contributed by atoms with Crippen molar-refractivity contribution in [1.29, 1.82) is 0 Å². The van der Waals surface area contributed by atoms with Crippen LogP contribution in [0.4, 0.5) is 0 Å². The summed E-state index contributed by atoms with van der Waals surface area (Å²) >= 11 is 8.25. The maximum atomic E-state index is 12.5. The molecule has 7 nitrogen and oxygen atoms in total. The molecule has 1 amide bonds. The van der Waals surface area contributed by atoms with Gasteiger partial charge in [-0.2, -0.15) is 5.10 Å². The number of rotatable bonds is 9. The van der Waals surface area contributed by atoms with Crippen molar-refractivity contribution in [2.45, 2.75) is 6.92 Å². The van der Waals surface area contributed by atoms with Crippen LogP contribution >= 0.6 is 34.2 Å². The summed E-state index contributed by atoms with van der Waals surface area (Å²) in [4.78, 5) is 24.4. The lowest BCUT2D eigenvalue weighted by atomic mass is 10.2. The van der Waals surface area contributed by atoms with E-state index in [1.165, 1.54) is 6.21 Å². The van der Waals surface area contributed by atoms with E-state index in [-0.39, 0.29) is 17.9 Å². The van der Waals surface area contributed by atoms with Gasteiger partial charge in [0.25, 0.3) is 5.91 Å². The van der Waals surface area contributed by atoms with Crippen molar-refractivity contribution in [3.05, 3.63) is 86.4 Å². The molecule has 0 fully saturated rings. The predicted octanol–water partition coefficient (Wildman–Crippen LogP) is 5.09. The number of carbonyl (C=O) groups is 2. The number of hydrogen-bond donors (Lipinski definition) is 1. The summed E-state index contributed by atoms with van der Waals surface area (Å²) < 4.78 is 17.5. The Kier molecular flexibility index (Phi) is 9.08. The molecule has 0 heterocycles. The monoisotopic (exact) mass is 578 g/mol. The number of esters is 1. The quantitative estimate of drug-likeness (QED) is 0.126. The maximum Gasteiger partial charge on any atom is 0.345 e. The highest BCUT2D eigenvalue weighted by atomic mass is 127. The first-order valence-corrected chi connectivity index (χ1v) is 11.4. The third kappa shape index (κ3) is 7.47. The minimum Gasteiger partial charge on any atom is -0.490 e. The first-order valence-electron chi connectivity index (χ1n) is 9.90. The zero-order chi connectivity index (χ0) is 23.6. The van der Waals surface area contributed by atoms with Crippen LogP contribution in [-0.4, -0.2) is 31.3 Å². The van der Waals surface area contributed by atoms with Crippen LogP contribution in [0.1, 0.15) is 22.8 Å². The van der Waals surface area contributed by atoms with E-state index in [0.717, 1.165) is 3.57 Å². The van der Waals surface area contributed by atoms with E-state index < -0.39 is 11.9 Å². The number of hydrogen-bond acceptors (Lipinski definition) is 6. The molecule has 170 valence electrons. The van der Waals surface area contributed by atoms with Gasteiger partial charge in [-0.1, -0.05) is 23.7 Å². The molecule has 3 rings (SSSR count). The van der Waals surface area contributed by atoms with Crippen molar-refractivity contribution in [1.82, 2.24) is 5.43 Å². The zero-order valence-electron chi connectivity index (χ0n) is 17.6. The number of carbonyl (C=O) groups excluding carboxylic acids is 2. The molecule has 0 bridgehead atoms. The Labute approximate surface area is 209 Å². The summed E-state index contributed by atoms with van der Waals surface area (Å²) in [6.07, 6.45) is 1.45. The number of benzene rings is 3. The van der Waals surface area contributed by atoms with Gasteiger partial charge in [0, 0.05) is 3.57 Å². The van der Waals surface area contributed by atoms with Gasteiger partial charge in [0.05, 0.1) is 23.4 Å². The second-order valence-corrected chi connectivity index (χ2v) is 8.20. The number of amides is 1. The van der Waals surface area contributed by atoms with Crippen LogP contribution in [0.5, 0.6) is 17.2 Å². The van der Waals surface area contributed by atoms with Crippen LogP contribution in [-0.2, 0) is 4.79 Å². The van der Waals surface area contributed by atoms with E-state index in [4.69, 9.17) is 25.8 Å². The van der Waals surface area contributed by atoms with Crippen molar-refractivity contribution in [3.63, 3.8) is 0 Å². The smallest absolute Gasteiger partial charge is 0.345 e. The van der Waals surface area contributed by atoms with Gasteiger partial charge in [-0.05, 0) is 89.7 Å². The van der Waals surface area contributed by atoms with Gasteiger partial charge in [-0.25, -0.2) is 10.2 Å². The van der Waals surface area contributed by atoms with Gasteiger partial charge < -0.3 is 14.2 Å². The molecule has 0 radical (unpaired) electrons. The summed E-state index contributed by atoms with van der Waals surface area (Å²) in [5, 5.41) is 4.23. The molecule has 0 saturated carbocycles. The SMILES string of the molecule is CCOc1cc(/C=N\NC(=O)COc2ccc(I)cc2)ccc1OC(=O)c1ccccc1Cl. The Morgan fingerprint density at radius 3 is 2.52 bits per heavy atom. The minimum absolute atomic E-state index is 0.168. The number of halogens is 2. The molecule has 0 atom stereocenters. The summed E-state index contributed by atoms with van der Waals surface area (Å²) in [7, 11) is 0. The summed E-state index contributed by atoms with van der Waals surface area (Å²) in [5.41, 5.74) is 3.29. The van der Waals surface area contributed by atoms with Crippen molar-refractivity contribution in [3.8, 4) is 17.2 Å². The highest BCUT2D eigenvalue weighted by molar-refractivity contribution is 14.1. The maximum absolute atomic E-state index is 12.5. The molecule has 0 aromatic heterocycles. The first kappa shape index (κ1) is 24.5. The fourth-order valence-corrected chi connectivity index (χ4v) is 3.20. The lowest BCUT2D eigenvalue weighted by Gasteiger charge is -2.12. The molecule has 0 aliphatic heterocycles. The van der Waals surface area contributed by atoms with Gasteiger partial charge in [-0.15, -0.1) is 0 Å². The predicted molar refractivity (Wildman–Crippen MR) is 134 cm³/mol. The van der Waals surface area contributed by atoms with Crippen LogP contribution in [0.25, 0.3) is 0 Å². The Bertz CT molecular complexity index is 1150. The molecule has 1 N–H and O–H groups in total. The van der Waals surface area contributed by atoms with Crippen LogP contribution in [0.2, 0.25) is 5.02 Å². The van der Waals surface area contributed by atoms with Crippen molar-refractivity contribution < 1.29 is 23.8 Å². The van der Waals surface area contributed by atoms with E-state index in [0.29, 0.717) is 28.7 Å². The molecule has 3 aromatic rings. The van der Waals surface area contributed by atoms with E-state index in [1.807, 2.05) is 19.1 Å². The third-order valence-corrected chi connectivity index (χ3v) is 5.20. The van der Waals surface area contributed by atoms with Crippen molar-refractivity contribution in [2.24, 2.45) is 5.10 Å². The molecular weight excluding hydrogens is 559 g/mol. The topological polar surface area (TPSA) is 86.2 Å². The molecule has 0 aliphatic carbocycles. The van der Waals surface area contributed by atoms with E-state index in [9.17, 15) is 9.59 Å². The lowest BCUT2D eigenvalue weighted by Crippen LogP contribution is -2.24. The number of ether oxygens (including phenoxy) is 3. The second-order valence-electron chi connectivity index (χ2n) is 6.54. The molecule has 33 heavy (non-hydrogen) atoms. The molecular formula is C24H20ClIN2O5. The first-order chi connectivity index (χ1) is 16.0. The van der Waals surface area contributed by atoms with Crippen molar-refractivity contribution >= 4 is 52.3 Å². The average Bonchev–Trinajstić information content (AvgIpc) is 2.80. The average molecular weight is 579 g/mol. The van der Waals surface area contributed by atoms with E-state index >= 15 is 0 Å². The van der Waals surface area contributed by atoms with Gasteiger partial charge in [0.2, 0.25) is 0 Å². The van der Waals surface area contributed by atoms with Gasteiger partial charge in [0.15, 0.2) is 18.1 Å². The summed E-state index contributed by atoms with van der Waals surface area (Å²) in [5.74, 6) is 0.199. The second kappa shape index (κ2) is 12.2. The highest BCUT2D eigenvalue weighted by Gasteiger charge is 2.15. The van der Waals surface area contributed by atoms with Crippen molar-refractivity contribution in [2.75, 3.05) is 13.2 Å². The van der Waals surface area contributed by atoms with Gasteiger partial charge in [0.1, 0.15) is 5.75 Å². The standard InChI is InChI=1S/C24H20ClIN2O5/c1-2-31-22-13-16(7-12-21(22)33-24(30)19-5-3-4-6-20(19)25)14-27-28-23(29)15-32-18-10-8-17(26)9-11-18/h3-14H,2,15H2,1H3,(H,28,29)/b27-14-. The van der Waals surface area contributed by atoms with E-state index in [2.05, 4.69) is 33.1 Å². The van der Waals surface area contributed by atoms with Crippen LogP contribution in [0.15, 0.2) is 71.8 Å². The largest absolute Gasteiger partial charge is 0.490 e. The number of nitrogens with zero attached hydrogens (tertiary/aromatic N) is 1. The minimum atomic E-state index is -0.594. The fourth-order valence-electron chi connectivity index (χ4n) is 2.63. The Morgan fingerprint density at radius 2 is 1.79 bits per heavy atom. The van der Waals surface area contributed by atoms with Crippen LogP contribution < -0.4 is 19.6 Å². The van der Waals surface area contributed by atoms with Crippen LogP contribution in [0.3, 0.4) is 0 Å². The lowest BCUT2D eigenvalue weighted by molar-refractivity contribution is -0.123. The fraction of sp³-hybridized carbons (Fsp3) is 0.125. The van der Waals surface area contributed by atoms with Gasteiger partial charge in [-0.3, -0.25) is 4.79 Å². The summed E-state index contributed by atoms with van der Waals surface area (Å²) in [6.45, 7) is 2.01. The molecule has 9 heteroatoms. The molecule has 3 aromatic carbocycles. The van der Waals surface area contributed by atoms with Crippen LogP contribution in [0, 0.1) is 3.57 Å². The Balaban J connectivity index is 1.60. The number of hydrazone groups is 1. The normalized spacial score (nSPS) is 10.6.